The molecule has 0 saturated heterocycles. The molecule has 0 spiro atoms. The Kier molecular flexibility index (Phi) is 6.81. The fraction of sp³-hybridized carbons (Fsp3) is 0.400. The number of carbonyl (C=O) groups is 1. The lowest BCUT2D eigenvalue weighted by atomic mass is 10.6. The maximum Gasteiger partial charge on any atom is 0.261 e. The van der Waals surface area contributed by atoms with Gasteiger partial charge >= 0.3 is 0 Å². The molecule has 0 aliphatic heterocycles. The molecular weight excluding hydrogens is 170 g/mol. The van der Waals surface area contributed by atoms with Crippen molar-refractivity contribution in [2.45, 2.75) is 0 Å². The summed E-state index contributed by atoms with van der Waals surface area (Å²) in [7, 11) is -2.11. The molecule has 0 aromatic carbocycles. The minimum atomic E-state index is -3.67. The lowest BCUT2D eigenvalue weighted by molar-refractivity contribution is -0.116. The van der Waals surface area contributed by atoms with Crippen molar-refractivity contribution < 1.29 is 17.8 Å². The molecule has 66 valence electrons. The summed E-state index contributed by atoms with van der Waals surface area (Å²) in [6.07, 6.45) is 1.94. The second-order valence-corrected chi connectivity index (χ2v) is 3.02. The topological polar surface area (TPSA) is 83.5 Å². The zero-order chi connectivity index (χ0) is 9.49. The summed E-state index contributed by atoms with van der Waals surface area (Å²) in [5.41, 5.74) is 0. The van der Waals surface area contributed by atoms with E-state index >= 15 is 0 Å². The molecule has 2 N–H and O–H groups in total. The zero-order valence-electron chi connectivity index (χ0n) is 6.36. The number of likely N-dealkylation sites (N-methyl/N-ethyl adjacent to an activating group) is 1. The van der Waals surface area contributed by atoms with Crippen LogP contribution in [0.4, 0.5) is 0 Å². The Morgan fingerprint density at radius 3 is 1.91 bits per heavy atom. The van der Waals surface area contributed by atoms with Gasteiger partial charge in [-0.15, -0.1) is 0 Å². The van der Waals surface area contributed by atoms with Gasteiger partial charge in [-0.1, -0.05) is 6.58 Å². The van der Waals surface area contributed by atoms with Gasteiger partial charge in [0.15, 0.2) is 0 Å². The van der Waals surface area contributed by atoms with E-state index in [0.717, 1.165) is 0 Å². The van der Waals surface area contributed by atoms with Crippen molar-refractivity contribution in [3.8, 4) is 0 Å². The molecule has 0 rings (SSSR count). The molecule has 11 heavy (non-hydrogen) atoms. The lowest BCUT2D eigenvalue weighted by Gasteiger charge is -1.82. The van der Waals surface area contributed by atoms with Crippen LogP contribution in [0.25, 0.3) is 0 Å². The van der Waals surface area contributed by atoms with Crippen molar-refractivity contribution in [1.29, 1.82) is 0 Å². The van der Waals surface area contributed by atoms with Crippen molar-refractivity contribution in [2.24, 2.45) is 0 Å². The highest BCUT2D eigenvalue weighted by atomic mass is 32.2. The smallest absolute Gasteiger partial charge is 0.261 e. The van der Waals surface area contributed by atoms with Gasteiger partial charge in [0, 0.05) is 7.05 Å². The summed E-state index contributed by atoms with van der Waals surface area (Å²) < 4.78 is 25.9. The van der Waals surface area contributed by atoms with E-state index in [4.69, 9.17) is 4.55 Å². The number of nitrogens with one attached hydrogen (secondary N) is 1. The normalized spacial score (nSPS) is 9.00. The van der Waals surface area contributed by atoms with Crippen molar-refractivity contribution in [3.63, 3.8) is 0 Å². The summed E-state index contributed by atoms with van der Waals surface area (Å²) in [4.78, 5) is 9.95. The molecule has 0 heterocycles. The Balaban J connectivity index is 0. The average Bonchev–Trinajstić information content (AvgIpc) is 1.83. The maximum atomic E-state index is 9.95. The summed E-state index contributed by atoms with van der Waals surface area (Å²) >= 11 is 0. The Morgan fingerprint density at radius 1 is 1.64 bits per heavy atom. The molecular formula is C5H11NO4S. The highest BCUT2D eigenvalue weighted by Gasteiger charge is 1.81. The lowest BCUT2D eigenvalue weighted by Crippen LogP contribution is -2.13. The van der Waals surface area contributed by atoms with E-state index in [1.54, 1.807) is 7.05 Å². The highest BCUT2D eigenvalue weighted by Crippen LogP contribution is 1.60. The molecule has 0 aliphatic carbocycles. The van der Waals surface area contributed by atoms with Crippen LogP contribution in [0.2, 0.25) is 0 Å². The van der Waals surface area contributed by atoms with Crippen LogP contribution in [-0.2, 0) is 14.9 Å². The van der Waals surface area contributed by atoms with Gasteiger partial charge in [0.05, 0.1) is 6.26 Å². The third-order valence-electron chi connectivity index (χ3n) is 0.432. The molecule has 5 nitrogen and oxygen atoms in total. The van der Waals surface area contributed by atoms with E-state index in [9.17, 15) is 13.2 Å². The summed E-state index contributed by atoms with van der Waals surface area (Å²) in [6, 6.07) is 0. The predicted octanol–water partition coefficient (Wildman–Crippen LogP) is -0.578. The largest absolute Gasteiger partial charge is 0.356 e. The number of hydrogen-bond acceptors (Lipinski definition) is 3. The molecule has 6 heteroatoms. The highest BCUT2D eigenvalue weighted by molar-refractivity contribution is 7.85. The van der Waals surface area contributed by atoms with Gasteiger partial charge in [0.2, 0.25) is 5.91 Å². The van der Waals surface area contributed by atoms with E-state index in [-0.39, 0.29) is 5.91 Å². The number of rotatable bonds is 1. The van der Waals surface area contributed by atoms with Crippen LogP contribution in [0, 0.1) is 0 Å². The van der Waals surface area contributed by atoms with Crippen LogP contribution >= 0.6 is 0 Å². The van der Waals surface area contributed by atoms with Crippen LogP contribution in [0.1, 0.15) is 0 Å². The second-order valence-electron chi connectivity index (χ2n) is 1.55. The molecule has 0 aromatic rings. The molecule has 0 fully saturated rings. The van der Waals surface area contributed by atoms with Crippen molar-refractivity contribution >= 4 is 16.0 Å². The van der Waals surface area contributed by atoms with Gasteiger partial charge in [-0.3, -0.25) is 9.35 Å². The third-order valence-corrected chi connectivity index (χ3v) is 0.432. The Hall–Kier alpha value is -0.880. The molecule has 0 aliphatic rings. The van der Waals surface area contributed by atoms with E-state index in [1.807, 2.05) is 0 Å². The van der Waals surface area contributed by atoms with Gasteiger partial charge in [-0.25, -0.2) is 0 Å². The van der Waals surface area contributed by atoms with E-state index in [2.05, 4.69) is 11.9 Å². The molecule has 0 unspecified atom stereocenters. The van der Waals surface area contributed by atoms with Crippen LogP contribution in [0.15, 0.2) is 12.7 Å². The first kappa shape index (κ1) is 12.8. The molecule has 0 radical (unpaired) electrons. The molecule has 0 aromatic heterocycles. The average molecular weight is 181 g/mol. The van der Waals surface area contributed by atoms with Crippen molar-refractivity contribution in [2.75, 3.05) is 13.3 Å². The van der Waals surface area contributed by atoms with Gasteiger partial charge in [-0.05, 0) is 6.08 Å². The van der Waals surface area contributed by atoms with Crippen LogP contribution in [0.3, 0.4) is 0 Å². The van der Waals surface area contributed by atoms with E-state index < -0.39 is 10.1 Å². The monoisotopic (exact) mass is 181 g/mol. The van der Waals surface area contributed by atoms with Crippen LogP contribution < -0.4 is 5.32 Å². The van der Waals surface area contributed by atoms with Gasteiger partial charge in [0.25, 0.3) is 10.1 Å². The summed E-state index contributed by atoms with van der Waals surface area (Å²) in [5, 5.41) is 2.36. The fourth-order valence-electron chi connectivity index (χ4n) is 0.102. The first-order chi connectivity index (χ1) is 4.81. The van der Waals surface area contributed by atoms with Crippen LogP contribution in [-0.4, -0.2) is 32.2 Å². The van der Waals surface area contributed by atoms with Gasteiger partial charge < -0.3 is 5.32 Å². The standard InChI is InChI=1S/C4H7NO.CH4O3S/c1-3-4(6)5-2;1-5(2,3)4/h3H,1H2,2H3,(H,5,6);1H3,(H,2,3,4). The fourth-order valence-corrected chi connectivity index (χ4v) is 0.102. The van der Waals surface area contributed by atoms with E-state index in [0.29, 0.717) is 6.26 Å². The first-order valence-electron chi connectivity index (χ1n) is 2.58. The van der Waals surface area contributed by atoms with Crippen molar-refractivity contribution in [1.82, 2.24) is 5.32 Å². The van der Waals surface area contributed by atoms with Crippen molar-refractivity contribution in [3.05, 3.63) is 12.7 Å². The molecule has 1 amide bonds. The van der Waals surface area contributed by atoms with Crippen LogP contribution in [0.5, 0.6) is 0 Å². The minimum Gasteiger partial charge on any atom is -0.356 e. The minimum absolute atomic E-state index is 0.144. The molecule has 0 atom stereocenters. The molecule has 0 saturated carbocycles. The predicted molar refractivity (Wildman–Crippen MR) is 41.7 cm³/mol. The Morgan fingerprint density at radius 2 is 1.91 bits per heavy atom. The second kappa shape index (κ2) is 5.87. The Labute approximate surface area is 65.9 Å². The Bertz CT molecular complexity index is 211. The third kappa shape index (κ3) is 47.5. The van der Waals surface area contributed by atoms with Gasteiger partial charge in [0.1, 0.15) is 0 Å². The van der Waals surface area contributed by atoms with Gasteiger partial charge in [-0.2, -0.15) is 8.42 Å². The zero-order valence-corrected chi connectivity index (χ0v) is 7.18. The SMILES string of the molecule is C=CC(=O)NC.CS(=O)(=O)O. The maximum absolute atomic E-state index is 9.95. The first-order valence-corrected chi connectivity index (χ1v) is 4.42. The quantitative estimate of drug-likeness (QED) is 0.419. The summed E-state index contributed by atoms with van der Waals surface area (Å²) in [6.45, 7) is 3.22. The number of hydrogen-bond donors (Lipinski definition) is 2. The number of carbonyl (C=O) groups excluding carboxylic acids is 1. The number of amides is 1. The summed E-state index contributed by atoms with van der Waals surface area (Å²) in [5.74, 6) is -0.144. The van der Waals surface area contributed by atoms with E-state index in [1.165, 1.54) is 6.08 Å². The molecule has 0 bridgehead atoms.